The first-order valence-electron chi connectivity index (χ1n) is 8.50. The molecular weight excluding hydrogens is 282 g/mol. The molecule has 0 unspecified atom stereocenters. The maximum Gasteiger partial charge on any atom is 0.312 e. The van der Waals surface area contributed by atoms with Gasteiger partial charge in [0, 0.05) is 6.04 Å². The van der Waals surface area contributed by atoms with Gasteiger partial charge in [0.2, 0.25) is 5.91 Å². The van der Waals surface area contributed by atoms with E-state index in [0.717, 1.165) is 12.8 Å². The molecule has 3 fully saturated rings. The summed E-state index contributed by atoms with van der Waals surface area (Å²) in [4.78, 5) is 27.3. The molecule has 5 heteroatoms. The first-order valence-corrected chi connectivity index (χ1v) is 8.50. The van der Waals surface area contributed by atoms with Gasteiger partial charge in [0.15, 0.2) is 0 Å². The van der Waals surface area contributed by atoms with Gasteiger partial charge in [-0.1, -0.05) is 31.4 Å². The Hall–Kier alpha value is -1.36. The molecule has 22 heavy (non-hydrogen) atoms. The summed E-state index contributed by atoms with van der Waals surface area (Å²) >= 11 is 0. The summed E-state index contributed by atoms with van der Waals surface area (Å²) in [5.41, 5.74) is -0.587. The number of nitrogens with zero attached hydrogens (tertiary/aromatic N) is 1. The molecule has 0 aromatic rings. The van der Waals surface area contributed by atoms with Crippen molar-refractivity contribution in [2.45, 2.75) is 56.8 Å². The molecule has 4 atom stereocenters. The van der Waals surface area contributed by atoms with Gasteiger partial charge in [-0.15, -0.1) is 0 Å². The van der Waals surface area contributed by atoms with E-state index in [1.165, 1.54) is 19.3 Å². The van der Waals surface area contributed by atoms with E-state index in [0.29, 0.717) is 19.2 Å². The van der Waals surface area contributed by atoms with E-state index < -0.39 is 11.5 Å². The molecule has 0 radical (unpaired) electrons. The second-order valence-corrected chi connectivity index (χ2v) is 6.91. The zero-order valence-corrected chi connectivity index (χ0v) is 13.0. The first-order chi connectivity index (χ1) is 10.7. The molecule has 4 rings (SSSR count). The predicted octanol–water partition coefficient (Wildman–Crippen LogP) is 1.66. The lowest BCUT2D eigenvalue weighted by Gasteiger charge is -2.32. The highest BCUT2D eigenvalue weighted by Gasteiger charge is 2.67. The number of rotatable bonds is 3. The molecule has 2 saturated heterocycles. The lowest BCUT2D eigenvalue weighted by atomic mass is 9.77. The molecule has 3 heterocycles. The minimum Gasteiger partial charge on any atom is -0.466 e. The maximum absolute atomic E-state index is 13.0. The van der Waals surface area contributed by atoms with Gasteiger partial charge in [0.05, 0.1) is 25.2 Å². The van der Waals surface area contributed by atoms with Crippen LogP contribution in [0.5, 0.6) is 0 Å². The minimum atomic E-state index is -0.587. The van der Waals surface area contributed by atoms with E-state index in [9.17, 15) is 9.59 Å². The summed E-state index contributed by atoms with van der Waals surface area (Å²) in [5, 5.41) is 0. The van der Waals surface area contributed by atoms with E-state index in [2.05, 4.69) is 0 Å². The number of hydrogen-bond donors (Lipinski definition) is 0. The summed E-state index contributed by atoms with van der Waals surface area (Å²) < 4.78 is 11.3. The van der Waals surface area contributed by atoms with Crippen molar-refractivity contribution in [2.75, 3.05) is 13.2 Å². The molecule has 1 aliphatic carbocycles. The summed E-state index contributed by atoms with van der Waals surface area (Å²) in [6.45, 7) is 2.73. The lowest BCUT2D eigenvalue weighted by molar-refractivity contribution is -0.153. The molecule has 1 spiro atoms. The zero-order valence-electron chi connectivity index (χ0n) is 13.0. The molecular formula is C17H23NO4. The average molecular weight is 305 g/mol. The van der Waals surface area contributed by atoms with Gasteiger partial charge < -0.3 is 14.4 Å². The number of carbonyl (C=O) groups excluding carboxylic acids is 2. The van der Waals surface area contributed by atoms with Crippen LogP contribution < -0.4 is 0 Å². The van der Waals surface area contributed by atoms with Gasteiger partial charge >= 0.3 is 5.97 Å². The fraction of sp³-hybridized carbons (Fsp3) is 0.765. The predicted molar refractivity (Wildman–Crippen MR) is 78.9 cm³/mol. The molecule has 0 aromatic heterocycles. The number of ether oxygens (including phenoxy) is 2. The van der Waals surface area contributed by atoms with E-state index in [-0.39, 0.29) is 23.9 Å². The second kappa shape index (κ2) is 5.08. The topological polar surface area (TPSA) is 55.8 Å². The van der Waals surface area contributed by atoms with Crippen LogP contribution in [0, 0.1) is 11.8 Å². The Labute approximate surface area is 130 Å². The third-order valence-corrected chi connectivity index (χ3v) is 5.70. The van der Waals surface area contributed by atoms with E-state index in [4.69, 9.17) is 9.47 Å². The standard InChI is InChI=1S/C17H23NO4/c1-2-21-16(20)13-12-8-9-17(22-12)10-18(15(19)14(13)17)11-6-4-3-5-7-11/h8-9,11-14H,2-7,10H2,1H3/t12-,13+,14-,17+/m1/s1. The van der Waals surface area contributed by atoms with Crippen molar-refractivity contribution in [3.8, 4) is 0 Å². The SMILES string of the molecule is CCOC(=O)[C@H]1[C@H]2C=C[C@@]3(CN(C4CCCCC4)C(=O)[C@@H]13)O2. The molecule has 1 amide bonds. The third-order valence-electron chi connectivity index (χ3n) is 5.70. The lowest BCUT2D eigenvalue weighted by Crippen LogP contribution is -2.42. The quantitative estimate of drug-likeness (QED) is 0.588. The molecule has 3 aliphatic heterocycles. The summed E-state index contributed by atoms with van der Waals surface area (Å²) in [7, 11) is 0. The van der Waals surface area contributed by atoms with Crippen LogP contribution in [-0.4, -0.2) is 47.7 Å². The van der Waals surface area contributed by atoms with E-state index in [1.807, 2.05) is 17.1 Å². The van der Waals surface area contributed by atoms with Crippen molar-refractivity contribution in [3.63, 3.8) is 0 Å². The first kappa shape index (κ1) is 14.2. The Bertz CT molecular complexity index is 525. The number of amides is 1. The molecule has 5 nitrogen and oxygen atoms in total. The van der Waals surface area contributed by atoms with Crippen molar-refractivity contribution in [2.24, 2.45) is 11.8 Å². The van der Waals surface area contributed by atoms with Crippen LogP contribution in [0.3, 0.4) is 0 Å². The van der Waals surface area contributed by atoms with Crippen LogP contribution in [0.1, 0.15) is 39.0 Å². The van der Waals surface area contributed by atoms with Crippen molar-refractivity contribution in [1.29, 1.82) is 0 Å². The number of fused-ring (bicyclic) bond motifs is 1. The smallest absolute Gasteiger partial charge is 0.312 e. The summed E-state index contributed by atoms with van der Waals surface area (Å²) in [6.07, 6.45) is 9.45. The number of likely N-dealkylation sites (tertiary alicyclic amines) is 1. The van der Waals surface area contributed by atoms with E-state index in [1.54, 1.807) is 6.92 Å². The van der Waals surface area contributed by atoms with Crippen LogP contribution in [0.15, 0.2) is 12.2 Å². The monoisotopic (exact) mass is 305 g/mol. The van der Waals surface area contributed by atoms with Gasteiger partial charge in [-0.25, -0.2) is 0 Å². The van der Waals surface area contributed by atoms with Crippen molar-refractivity contribution in [3.05, 3.63) is 12.2 Å². The van der Waals surface area contributed by atoms with Crippen molar-refractivity contribution < 1.29 is 19.1 Å². The third kappa shape index (κ3) is 1.87. The molecule has 0 N–H and O–H groups in total. The zero-order chi connectivity index (χ0) is 15.3. The Kier molecular flexibility index (Phi) is 3.29. The fourth-order valence-electron chi connectivity index (χ4n) is 4.74. The summed E-state index contributed by atoms with van der Waals surface area (Å²) in [6, 6.07) is 0.320. The van der Waals surface area contributed by atoms with Crippen LogP contribution in [0.2, 0.25) is 0 Å². The number of hydrogen-bond acceptors (Lipinski definition) is 4. The van der Waals surface area contributed by atoms with Crippen molar-refractivity contribution in [1.82, 2.24) is 4.90 Å². The Morgan fingerprint density at radius 1 is 1.41 bits per heavy atom. The molecule has 0 aromatic carbocycles. The largest absolute Gasteiger partial charge is 0.466 e. The van der Waals surface area contributed by atoms with Crippen LogP contribution >= 0.6 is 0 Å². The minimum absolute atomic E-state index is 0.0943. The van der Waals surface area contributed by atoms with E-state index >= 15 is 0 Å². The normalized spacial score (nSPS) is 40.3. The fourth-order valence-corrected chi connectivity index (χ4v) is 4.74. The van der Waals surface area contributed by atoms with Crippen LogP contribution in [0.25, 0.3) is 0 Å². The van der Waals surface area contributed by atoms with Gasteiger partial charge in [-0.3, -0.25) is 9.59 Å². The molecule has 1 saturated carbocycles. The van der Waals surface area contributed by atoms with Gasteiger partial charge in [-0.05, 0) is 19.8 Å². The number of carbonyl (C=O) groups is 2. The maximum atomic E-state index is 13.0. The summed E-state index contributed by atoms with van der Waals surface area (Å²) in [5.74, 6) is -1.05. The van der Waals surface area contributed by atoms with Crippen LogP contribution in [0.4, 0.5) is 0 Å². The highest BCUT2D eigenvalue weighted by molar-refractivity contribution is 5.91. The Balaban J connectivity index is 1.60. The highest BCUT2D eigenvalue weighted by atomic mass is 16.6. The van der Waals surface area contributed by atoms with Gasteiger partial charge in [-0.2, -0.15) is 0 Å². The average Bonchev–Trinajstić information content (AvgIpc) is 3.17. The van der Waals surface area contributed by atoms with Gasteiger partial charge in [0.1, 0.15) is 11.5 Å². The second-order valence-electron chi connectivity index (χ2n) is 6.91. The number of esters is 1. The molecule has 120 valence electrons. The van der Waals surface area contributed by atoms with Gasteiger partial charge in [0.25, 0.3) is 0 Å². The van der Waals surface area contributed by atoms with Crippen LogP contribution in [-0.2, 0) is 19.1 Å². The highest BCUT2D eigenvalue weighted by Crippen LogP contribution is 2.53. The molecule has 2 bridgehead atoms. The van der Waals surface area contributed by atoms with Crippen molar-refractivity contribution >= 4 is 11.9 Å². The molecule has 4 aliphatic rings. The Morgan fingerprint density at radius 3 is 2.91 bits per heavy atom. The Morgan fingerprint density at radius 2 is 2.18 bits per heavy atom.